The minimum Gasteiger partial charge on any atom is -0.450 e. The predicted molar refractivity (Wildman–Crippen MR) is 156 cm³/mol. The molecule has 4 amide bonds. The number of carbonyl (C=O) groups excluding carboxylic acids is 4. The van der Waals surface area contributed by atoms with Gasteiger partial charge >= 0.3 is 12.2 Å². The van der Waals surface area contributed by atoms with E-state index in [9.17, 15) is 27.6 Å². The number of carbonyl (C=O) groups is 4. The average molecular weight is 621 g/mol. The number of nitrogens with zero attached hydrogens (tertiary/aromatic N) is 2. The van der Waals surface area contributed by atoms with E-state index < -0.39 is 34.0 Å². The topological polar surface area (TPSA) is 151 Å². The van der Waals surface area contributed by atoms with Crippen molar-refractivity contribution in [3.8, 4) is 0 Å². The third-order valence-corrected chi connectivity index (χ3v) is 10.5. The molecular weight excluding hydrogens is 584 g/mol. The second kappa shape index (κ2) is 13.7. The fraction of sp³-hybridized carbons (Fsp3) is 0.500. The van der Waals surface area contributed by atoms with E-state index in [0.29, 0.717) is 23.4 Å². The van der Waals surface area contributed by atoms with Crippen LogP contribution in [-0.4, -0.2) is 74.5 Å². The highest BCUT2D eigenvalue weighted by molar-refractivity contribution is 7.89. The number of alkyl carbamates (subject to hydrolysis) is 1. The molecular formula is C28H36N4O8S2. The lowest BCUT2D eigenvalue weighted by Crippen LogP contribution is -2.38. The predicted octanol–water partition coefficient (Wildman–Crippen LogP) is 4.35. The highest BCUT2D eigenvalue weighted by atomic mass is 32.2. The summed E-state index contributed by atoms with van der Waals surface area (Å²) in [6.45, 7) is 4.08. The van der Waals surface area contributed by atoms with Crippen molar-refractivity contribution < 1.29 is 37.1 Å². The highest BCUT2D eigenvalue weighted by Crippen LogP contribution is 2.38. The van der Waals surface area contributed by atoms with E-state index in [4.69, 9.17) is 9.47 Å². The van der Waals surface area contributed by atoms with Crippen LogP contribution in [0, 0.1) is 0 Å². The van der Waals surface area contributed by atoms with Gasteiger partial charge in [0, 0.05) is 30.1 Å². The molecule has 228 valence electrons. The van der Waals surface area contributed by atoms with Crippen molar-refractivity contribution >= 4 is 50.4 Å². The lowest BCUT2D eigenvalue weighted by atomic mass is 9.96. The number of hydrogen-bond donors (Lipinski definition) is 2. The van der Waals surface area contributed by atoms with E-state index in [-0.39, 0.29) is 46.8 Å². The number of fused-ring (bicyclic) bond motifs is 1. The van der Waals surface area contributed by atoms with Gasteiger partial charge in [0.1, 0.15) is 5.00 Å². The Bertz CT molecular complexity index is 1430. The normalized spacial score (nSPS) is 15.6. The van der Waals surface area contributed by atoms with Gasteiger partial charge in [-0.3, -0.25) is 14.9 Å². The Morgan fingerprint density at radius 2 is 1.67 bits per heavy atom. The second-order valence-electron chi connectivity index (χ2n) is 10.0. The summed E-state index contributed by atoms with van der Waals surface area (Å²) >= 11 is 1.12. The summed E-state index contributed by atoms with van der Waals surface area (Å²) in [7, 11) is -2.13. The van der Waals surface area contributed by atoms with E-state index in [0.717, 1.165) is 43.4 Å². The van der Waals surface area contributed by atoms with Crippen LogP contribution < -0.4 is 10.6 Å². The maximum Gasteiger partial charge on any atom is 0.414 e. The first-order chi connectivity index (χ1) is 20.1. The van der Waals surface area contributed by atoms with Crippen LogP contribution in [0.25, 0.3) is 0 Å². The molecule has 0 radical (unpaired) electrons. The van der Waals surface area contributed by atoms with Crippen molar-refractivity contribution in [2.24, 2.45) is 0 Å². The number of amides is 4. The SMILES string of the molecule is CCOC(=O)NC(=O)c1c(NC(=O)c2ccc(S(=O)(=O)N(C)C3CCCCC3)cc2)sc2c1CCN(C(=O)OCC)C2. The first-order valence-corrected chi connectivity index (χ1v) is 16.3. The molecule has 1 aromatic carbocycles. The van der Waals surface area contributed by atoms with Gasteiger partial charge in [-0.05, 0) is 62.9 Å². The lowest BCUT2D eigenvalue weighted by Gasteiger charge is -2.30. The number of hydrogen-bond acceptors (Lipinski definition) is 9. The molecule has 2 N–H and O–H groups in total. The quantitative estimate of drug-likeness (QED) is 0.442. The zero-order chi connectivity index (χ0) is 30.4. The van der Waals surface area contributed by atoms with Crippen LogP contribution in [-0.2, 0) is 32.5 Å². The van der Waals surface area contributed by atoms with Gasteiger partial charge in [-0.15, -0.1) is 11.3 Å². The summed E-state index contributed by atoms with van der Waals surface area (Å²) in [5.41, 5.74) is 0.920. The molecule has 1 aromatic heterocycles. The monoisotopic (exact) mass is 620 g/mol. The summed E-state index contributed by atoms with van der Waals surface area (Å²) in [6.07, 6.45) is 3.66. The van der Waals surface area contributed by atoms with Gasteiger partial charge in [0.15, 0.2) is 0 Å². The smallest absolute Gasteiger partial charge is 0.414 e. The molecule has 1 saturated carbocycles. The van der Waals surface area contributed by atoms with Gasteiger partial charge < -0.3 is 19.7 Å². The third kappa shape index (κ3) is 6.93. The molecule has 0 spiro atoms. The maximum absolute atomic E-state index is 13.3. The second-order valence-corrected chi connectivity index (χ2v) is 13.1. The van der Waals surface area contributed by atoms with E-state index in [1.807, 2.05) is 0 Å². The first-order valence-electron chi connectivity index (χ1n) is 14.0. The Morgan fingerprint density at radius 3 is 2.31 bits per heavy atom. The number of thiophene rings is 1. The van der Waals surface area contributed by atoms with Gasteiger partial charge in [0.2, 0.25) is 10.0 Å². The Morgan fingerprint density at radius 1 is 1.00 bits per heavy atom. The fourth-order valence-electron chi connectivity index (χ4n) is 5.19. The Labute approximate surface area is 249 Å². The molecule has 1 aliphatic heterocycles. The minimum absolute atomic E-state index is 0.0458. The largest absolute Gasteiger partial charge is 0.450 e. The zero-order valence-corrected chi connectivity index (χ0v) is 25.6. The molecule has 2 aliphatic rings. The maximum atomic E-state index is 13.3. The number of nitrogens with one attached hydrogen (secondary N) is 2. The minimum atomic E-state index is -3.73. The Balaban J connectivity index is 1.56. The van der Waals surface area contributed by atoms with Gasteiger partial charge in [0.25, 0.3) is 11.8 Å². The summed E-state index contributed by atoms with van der Waals surface area (Å²) in [4.78, 5) is 52.9. The van der Waals surface area contributed by atoms with Crippen LogP contribution in [0.5, 0.6) is 0 Å². The molecule has 12 nitrogen and oxygen atoms in total. The summed E-state index contributed by atoms with van der Waals surface area (Å²) < 4.78 is 37.7. The molecule has 2 heterocycles. The summed E-state index contributed by atoms with van der Waals surface area (Å²) in [6, 6.07) is 5.59. The van der Waals surface area contributed by atoms with Crippen LogP contribution in [0.15, 0.2) is 29.2 Å². The van der Waals surface area contributed by atoms with Crippen molar-refractivity contribution in [1.82, 2.24) is 14.5 Å². The molecule has 4 rings (SSSR count). The number of imide groups is 1. The number of rotatable bonds is 8. The zero-order valence-electron chi connectivity index (χ0n) is 23.9. The number of sulfonamides is 1. The van der Waals surface area contributed by atoms with Crippen molar-refractivity contribution in [2.45, 2.75) is 69.9 Å². The Hall–Kier alpha value is -3.49. The van der Waals surface area contributed by atoms with Crippen molar-refractivity contribution in [2.75, 3.05) is 32.1 Å². The van der Waals surface area contributed by atoms with Crippen LogP contribution in [0.1, 0.15) is 77.1 Å². The van der Waals surface area contributed by atoms with Crippen molar-refractivity contribution in [1.29, 1.82) is 0 Å². The van der Waals surface area contributed by atoms with Crippen molar-refractivity contribution in [3.63, 3.8) is 0 Å². The van der Waals surface area contributed by atoms with Gasteiger partial charge in [-0.1, -0.05) is 19.3 Å². The van der Waals surface area contributed by atoms with Gasteiger partial charge in [-0.2, -0.15) is 4.31 Å². The number of ether oxygens (including phenoxy) is 2. The molecule has 0 bridgehead atoms. The summed E-state index contributed by atoms with van der Waals surface area (Å²) in [5.74, 6) is -1.30. The van der Waals surface area contributed by atoms with Crippen LogP contribution in [0.3, 0.4) is 0 Å². The molecule has 0 unspecified atom stereocenters. The van der Waals surface area contributed by atoms with Crippen molar-refractivity contribution in [3.05, 3.63) is 45.8 Å². The number of anilines is 1. The molecule has 2 aromatic rings. The Kier molecular flexibility index (Phi) is 10.2. The summed E-state index contributed by atoms with van der Waals surface area (Å²) in [5, 5.41) is 5.13. The molecule has 0 atom stereocenters. The number of benzene rings is 1. The molecule has 14 heteroatoms. The van der Waals surface area contributed by atoms with Crippen LogP contribution >= 0.6 is 11.3 Å². The molecule has 1 aliphatic carbocycles. The molecule has 42 heavy (non-hydrogen) atoms. The molecule has 1 fully saturated rings. The standard InChI is InChI=1S/C28H36N4O8S2/c1-4-39-27(35)30-25(34)23-21-15-16-32(28(36)40-5-2)17-22(21)41-26(23)29-24(33)18-11-13-20(14-12-18)42(37,38)31(3)19-9-7-6-8-10-19/h11-14,19H,4-10,15-17H2,1-3H3,(H,29,33)(H,30,34,35). The van der Waals surface area contributed by atoms with Gasteiger partial charge in [0.05, 0.1) is 30.2 Å². The van der Waals surface area contributed by atoms with E-state index in [1.54, 1.807) is 20.9 Å². The first kappa shape index (κ1) is 31.4. The lowest BCUT2D eigenvalue weighted by molar-refractivity contribution is 0.0924. The molecule has 0 saturated heterocycles. The van der Waals surface area contributed by atoms with E-state index in [2.05, 4.69) is 10.6 Å². The van der Waals surface area contributed by atoms with E-state index in [1.165, 1.54) is 33.5 Å². The third-order valence-electron chi connectivity index (χ3n) is 7.41. The van der Waals surface area contributed by atoms with Crippen LogP contribution in [0.2, 0.25) is 0 Å². The average Bonchev–Trinajstić information content (AvgIpc) is 3.34. The van der Waals surface area contributed by atoms with E-state index >= 15 is 0 Å². The van der Waals surface area contributed by atoms with Gasteiger partial charge in [-0.25, -0.2) is 18.0 Å². The van der Waals surface area contributed by atoms with Crippen LogP contribution in [0.4, 0.5) is 14.6 Å². The fourth-order valence-corrected chi connectivity index (χ4v) is 7.86. The highest BCUT2D eigenvalue weighted by Gasteiger charge is 2.32.